The fraction of sp³-hybridized carbons (Fsp3) is 0. The highest BCUT2D eigenvalue weighted by Crippen LogP contribution is 2.28. The van der Waals surface area contributed by atoms with Crippen LogP contribution in [-0.4, -0.2) is 9.08 Å². The van der Waals surface area contributed by atoms with Crippen LogP contribution < -0.4 is 5.56 Å². The zero-order valence-corrected chi connectivity index (χ0v) is 15.9. The van der Waals surface area contributed by atoms with Gasteiger partial charge in [-0.3, -0.25) is 14.0 Å². The van der Waals surface area contributed by atoms with Crippen LogP contribution in [0.2, 0.25) is 5.02 Å². The first-order chi connectivity index (χ1) is 11.5. The van der Waals surface area contributed by atoms with E-state index >= 15 is 0 Å². The predicted octanol–water partition coefficient (Wildman–Crippen LogP) is 6.73. The minimum absolute atomic E-state index is 0.0144. The minimum Gasteiger partial charge on any atom is -0.277 e. The van der Waals surface area contributed by atoms with Gasteiger partial charge in [-0.15, -0.1) is 11.3 Å². The molecule has 0 fully saturated rings. The number of hydrogen-bond donors (Lipinski definition) is 1. The van der Waals surface area contributed by atoms with Gasteiger partial charge in [0, 0.05) is 15.5 Å². The van der Waals surface area contributed by atoms with Crippen LogP contribution in [0.1, 0.15) is 0 Å². The number of aromatic amines is 1. The number of halogens is 3. The molecule has 0 bridgehead atoms. The molecule has 0 spiro atoms. The van der Waals surface area contributed by atoms with Crippen LogP contribution in [-0.2, 0) is 0 Å². The van der Waals surface area contributed by atoms with Gasteiger partial charge < -0.3 is 0 Å². The third kappa shape index (κ3) is 5.33. The fourth-order valence-corrected chi connectivity index (χ4v) is 3.75. The van der Waals surface area contributed by atoms with Gasteiger partial charge in [-0.05, 0) is 41.4 Å². The quantitative estimate of drug-likeness (QED) is 0.322. The largest absolute Gasteiger partial charge is 0.313 e. The normalized spacial score (nSPS) is 9.79. The summed E-state index contributed by atoms with van der Waals surface area (Å²) in [5, 5.41) is 4.77. The van der Waals surface area contributed by atoms with Crippen LogP contribution in [0.15, 0.2) is 58.7 Å². The van der Waals surface area contributed by atoms with Crippen molar-refractivity contribution in [2.45, 2.75) is 0 Å². The van der Waals surface area contributed by atoms with Gasteiger partial charge in [0.25, 0.3) is 5.56 Å². The van der Waals surface area contributed by atoms with Gasteiger partial charge in [0.1, 0.15) is 0 Å². The van der Waals surface area contributed by atoms with Crippen LogP contribution in [0.5, 0.6) is 0 Å². The highest BCUT2D eigenvalue weighted by atomic mass is 35.5. The van der Waals surface area contributed by atoms with Crippen LogP contribution in [0.4, 0.5) is 4.79 Å². The Labute approximate surface area is 160 Å². The molecule has 24 heavy (non-hydrogen) atoms. The molecule has 4 aromatic rings. The van der Waals surface area contributed by atoms with Gasteiger partial charge in [-0.2, -0.15) is 0 Å². The molecule has 0 aliphatic rings. The third-order valence-corrected chi connectivity index (χ3v) is 5.09. The van der Waals surface area contributed by atoms with E-state index in [0.717, 1.165) is 20.5 Å². The lowest BCUT2D eigenvalue weighted by atomic mass is 10.3. The van der Waals surface area contributed by atoms with Crippen LogP contribution in [0, 0.1) is 0 Å². The smallest absolute Gasteiger partial charge is 0.277 e. The van der Waals surface area contributed by atoms with Crippen molar-refractivity contribution in [1.82, 2.24) is 4.37 Å². The van der Waals surface area contributed by atoms with E-state index in [1.54, 1.807) is 11.3 Å². The summed E-state index contributed by atoms with van der Waals surface area (Å²) in [6.07, 6.45) is 0. The van der Waals surface area contributed by atoms with Gasteiger partial charge in [-0.25, -0.2) is 0 Å². The summed E-state index contributed by atoms with van der Waals surface area (Å²) in [4.78, 5) is 19.9. The van der Waals surface area contributed by atoms with Crippen molar-refractivity contribution in [3.8, 4) is 0 Å². The Kier molecular flexibility index (Phi) is 7.27. The van der Waals surface area contributed by atoms with E-state index in [0.29, 0.717) is 0 Å². The van der Waals surface area contributed by atoms with Gasteiger partial charge in [0.2, 0.25) is 0 Å². The molecule has 0 aliphatic carbocycles. The van der Waals surface area contributed by atoms with Crippen molar-refractivity contribution in [1.29, 1.82) is 0 Å². The van der Waals surface area contributed by atoms with Crippen molar-refractivity contribution in [3.63, 3.8) is 0 Å². The van der Waals surface area contributed by atoms with E-state index < -0.39 is 4.70 Å². The fourth-order valence-electron chi connectivity index (χ4n) is 1.84. The number of carbonyl (C=O) groups excluding carboxylic acids is 1. The summed E-state index contributed by atoms with van der Waals surface area (Å²) < 4.78 is 4.05. The Balaban J connectivity index is 0.000000143. The van der Waals surface area contributed by atoms with Crippen molar-refractivity contribution in [3.05, 3.63) is 69.3 Å². The van der Waals surface area contributed by atoms with Crippen LogP contribution in [0.3, 0.4) is 0 Å². The zero-order valence-electron chi connectivity index (χ0n) is 12.0. The van der Waals surface area contributed by atoms with E-state index in [9.17, 15) is 4.79 Å². The SMILES string of the molecule is Clc1csc2ccccc12.O=C(Cl)Cl.O=c1[nH]sc2ccccc12. The molecule has 124 valence electrons. The number of nitrogens with one attached hydrogen (secondary N) is 1. The van der Waals surface area contributed by atoms with Crippen molar-refractivity contribution < 1.29 is 4.79 Å². The number of hydrogen-bond acceptors (Lipinski definition) is 4. The molecule has 0 atom stereocenters. The molecule has 0 aliphatic heterocycles. The molecule has 2 heterocycles. The van der Waals surface area contributed by atoms with Gasteiger partial charge >= 0.3 is 4.70 Å². The lowest BCUT2D eigenvalue weighted by molar-refractivity contribution is 0.275. The van der Waals surface area contributed by atoms with E-state index in [4.69, 9.17) is 16.4 Å². The number of carbonyl (C=O) groups is 1. The molecule has 4 rings (SSSR count). The van der Waals surface area contributed by atoms with Crippen molar-refractivity contribution in [2.24, 2.45) is 0 Å². The number of thiophene rings is 1. The number of rotatable bonds is 0. The molecule has 0 amide bonds. The Morgan fingerprint density at radius 1 is 0.917 bits per heavy atom. The molecule has 0 unspecified atom stereocenters. The van der Waals surface area contributed by atoms with Gasteiger partial charge in [-0.1, -0.05) is 53.5 Å². The Bertz CT molecular complexity index is 1000. The second kappa shape index (κ2) is 9.20. The van der Waals surface area contributed by atoms with E-state index in [1.165, 1.54) is 16.2 Å². The molecule has 0 saturated carbocycles. The average molecular weight is 419 g/mol. The first kappa shape index (κ1) is 19.0. The average Bonchev–Trinajstić information content (AvgIpc) is 3.13. The first-order valence-electron chi connectivity index (χ1n) is 6.52. The molecule has 2 aromatic heterocycles. The molecule has 2 aromatic carbocycles. The number of aromatic nitrogens is 1. The Morgan fingerprint density at radius 2 is 1.46 bits per heavy atom. The first-order valence-corrected chi connectivity index (χ1v) is 9.35. The Hall–Kier alpha value is -1.37. The predicted molar refractivity (Wildman–Crippen MR) is 106 cm³/mol. The standard InChI is InChI=1S/C8H5ClS.C7H5NOS.CCl2O/c9-7-5-10-8-4-2-1-3-6(7)8;9-7-5-3-1-2-4-6(5)10-8-7;2-1(3)4/h1-5H;1-4H,(H,8,9);. The number of fused-ring (bicyclic) bond motifs is 2. The van der Waals surface area contributed by atoms with E-state index in [1.807, 2.05) is 47.8 Å². The summed E-state index contributed by atoms with van der Waals surface area (Å²) in [6.45, 7) is 0. The van der Waals surface area contributed by atoms with E-state index in [2.05, 4.69) is 33.6 Å². The van der Waals surface area contributed by atoms with Gasteiger partial charge in [0.15, 0.2) is 0 Å². The minimum atomic E-state index is -0.889. The van der Waals surface area contributed by atoms with Crippen molar-refractivity contribution >= 4 is 82.5 Å². The molecule has 0 radical (unpaired) electrons. The topological polar surface area (TPSA) is 49.9 Å². The number of benzene rings is 2. The summed E-state index contributed by atoms with van der Waals surface area (Å²) in [6, 6.07) is 15.7. The summed E-state index contributed by atoms with van der Waals surface area (Å²) in [5.74, 6) is 0. The lowest BCUT2D eigenvalue weighted by Gasteiger charge is -1.85. The van der Waals surface area contributed by atoms with E-state index in [-0.39, 0.29) is 5.56 Å². The molecular formula is C16H10Cl3NO2S2. The molecular weight excluding hydrogens is 409 g/mol. The molecule has 8 heteroatoms. The van der Waals surface area contributed by atoms with Crippen molar-refractivity contribution in [2.75, 3.05) is 0 Å². The lowest BCUT2D eigenvalue weighted by Crippen LogP contribution is -1.94. The second-order valence-corrected chi connectivity index (χ2v) is 7.38. The number of H-pyrrole nitrogens is 1. The maximum atomic E-state index is 10.9. The summed E-state index contributed by atoms with van der Waals surface area (Å²) in [5.41, 5.74) is 0.0144. The zero-order chi connectivity index (χ0) is 17.5. The highest BCUT2D eigenvalue weighted by molar-refractivity contribution is 7.17. The molecule has 0 saturated heterocycles. The highest BCUT2D eigenvalue weighted by Gasteiger charge is 1.97. The Morgan fingerprint density at radius 3 is 2.04 bits per heavy atom. The summed E-state index contributed by atoms with van der Waals surface area (Å²) in [7, 11) is 0. The maximum absolute atomic E-state index is 10.9. The molecule has 1 N–H and O–H groups in total. The maximum Gasteiger partial charge on any atom is 0.313 e. The van der Waals surface area contributed by atoms with Gasteiger partial charge in [0.05, 0.1) is 15.1 Å². The third-order valence-electron chi connectivity index (χ3n) is 2.82. The summed E-state index contributed by atoms with van der Waals surface area (Å²) >= 11 is 17.7. The molecule has 3 nitrogen and oxygen atoms in total. The monoisotopic (exact) mass is 417 g/mol. The van der Waals surface area contributed by atoms with Crippen LogP contribution >= 0.6 is 57.7 Å². The second-order valence-electron chi connectivity index (χ2n) is 4.33. The van der Waals surface area contributed by atoms with Crippen LogP contribution in [0.25, 0.3) is 20.2 Å².